The monoisotopic (exact) mass is 246 g/mol. The van der Waals surface area contributed by atoms with Crippen LogP contribution >= 0.6 is 0 Å². The summed E-state index contributed by atoms with van der Waals surface area (Å²) in [6, 6.07) is 6.12. The van der Waals surface area contributed by atoms with E-state index in [9.17, 15) is 9.18 Å². The first-order chi connectivity index (χ1) is 8.41. The van der Waals surface area contributed by atoms with Gasteiger partial charge in [-0.2, -0.15) is 5.10 Å². The SMILES string of the molecule is CC(C)(C)c1nn(-c2cccc(F)c2)cc1C=O. The number of rotatable bonds is 2. The van der Waals surface area contributed by atoms with Gasteiger partial charge >= 0.3 is 0 Å². The second-order valence-corrected chi connectivity index (χ2v) is 5.23. The molecule has 0 saturated carbocycles. The average Bonchev–Trinajstić information content (AvgIpc) is 2.72. The average molecular weight is 246 g/mol. The molecule has 0 N–H and O–H groups in total. The van der Waals surface area contributed by atoms with Crippen molar-refractivity contribution >= 4 is 6.29 Å². The van der Waals surface area contributed by atoms with Crippen LogP contribution in [0.1, 0.15) is 36.8 Å². The summed E-state index contributed by atoms with van der Waals surface area (Å²) < 4.78 is 14.7. The number of benzene rings is 1. The van der Waals surface area contributed by atoms with Gasteiger partial charge in [-0.15, -0.1) is 0 Å². The molecule has 94 valence electrons. The van der Waals surface area contributed by atoms with Gasteiger partial charge in [-0.05, 0) is 18.2 Å². The summed E-state index contributed by atoms with van der Waals surface area (Å²) in [5.41, 5.74) is 1.62. The summed E-state index contributed by atoms with van der Waals surface area (Å²) >= 11 is 0. The fourth-order valence-corrected chi connectivity index (χ4v) is 1.81. The summed E-state index contributed by atoms with van der Waals surface area (Å²) in [4.78, 5) is 11.1. The molecule has 0 radical (unpaired) electrons. The Morgan fingerprint density at radius 2 is 2.06 bits per heavy atom. The molecule has 2 rings (SSSR count). The Labute approximate surface area is 105 Å². The van der Waals surface area contributed by atoms with E-state index < -0.39 is 0 Å². The lowest BCUT2D eigenvalue weighted by atomic mass is 9.90. The van der Waals surface area contributed by atoms with Gasteiger partial charge in [-0.25, -0.2) is 9.07 Å². The lowest BCUT2D eigenvalue weighted by Gasteiger charge is -2.15. The van der Waals surface area contributed by atoms with Crippen LogP contribution in [0.15, 0.2) is 30.5 Å². The van der Waals surface area contributed by atoms with Gasteiger partial charge in [0.25, 0.3) is 0 Å². The summed E-state index contributed by atoms with van der Waals surface area (Å²) in [6.07, 6.45) is 2.41. The third kappa shape index (κ3) is 2.32. The van der Waals surface area contributed by atoms with Crippen molar-refractivity contribution in [2.24, 2.45) is 0 Å². The normalized spacial score (nSPS) is 11.6. The molecule has 0 fully saturated rings. The van der Waals surface area contributed by atoms with Gasteiger partial charge in [0.2, 0.25) is 0 Å². The first-order valence-corrected chi connectivity index (χ1v) is 5.73. The molecule has 0 atom stereocenters. The van der Waals surface area contributed by atoms with Crippen molar-refractivity contribution in [3.05, 3.63) is 47.5 Å². The third-order valence-corrected chi connectivity index (χ3v) is 2.65. The molecule has 0 spiro atoms. The topological polar surface area (TPSA) is 34.9 Å². The fourth-order valence-electron chi connectivity index (χ4n) is 1.81. The zero-order valence-electron chi connectivity index (χ0n) is 10.6. The van der Waals surface area contributed by atoms with Crippen molar-refractivity contribution in [2.45, 2.75) is 26.2 Å². The van der Waals surface area contributed by atoms with E-state index in [1.165, 1.54) is 16.8 Å². The Hall–Kier alpha value is -1.97. The molecular formula is C14H15FN2O. The molecule has 0 saturated heterocycles. The highest BCUT2D eigenvalue weighted by molar-refractivity contribution is 5.77. The number of aromatic nitrogens is 2. The van der Waals surface area contributed by atoms with Gasteiger partial charge in [0.05, 0.1) is 16.9 Å². The molecule has 0 amide bonds. The van der Waals surface area contributed by atoms with Crippen LogP contribution in [0.2, 0.25) is 0 Å². The minimum Gasteiger partial charge on any atom is -0.298 e. The van der Waals surface area contributed by atoms with E-state index in [1.54, 1.807) is 18.3 Å². The van der Waals surface area contributed by atoms with Gasteiger partial charge in [-0.1, -0.05) is 26.8 Å². The van der Waals surface area contributed by atoms with Gasteiger partial charge < -0.3 is 0 Å². The molecular weight excluding hydrogens is 231 g/mol. The van der Waals surface area contributed by atoms with E-state index >= 15 is 0 Å². The van der Waals surface area contributed by atoms with Crippen molar-refractivity contribution < 1.29 is 9.18 Å². The van der Waals surface area contributed by atoms with Crippen molar-refractivity contribution in [3.63, 3.8) is 0 Å². The Morgan fingerprint density at radius 1 is 1.33 bits per heavy atom. The molecule has 0 bridgehead atoms. The first-order valence-electron chi connectivity index (χ1n) is 5.73. The minimum atomic E-state index is -0.326. The Morgan fingerprint density at radius 3 is 2.56 bits per heavy atom. The molecule has 0 aliphatic heterocycles. The van der Waals surface area contributed by atoms with Crippen LogP contribution in [0, 0.1) is 5.82 Å². The minimum absolute atomic E-state index is 0.227. The summed E-state index contributed by atoms with van der Waals surface area (Å²) in [5.74, 6) is -0.326. The highest BCUT2D eigenvalue weighted by Crippen LogP contribution is 2.24. The van der Waals surface area contributed by atoms with Crippen molar-refractivity contribution in [3.8, 4) is 5.69 Å². The Balaban J connectivity index is 2.54. The fraction of sp³-hybridized carbons (Fsp3) is 0.286. The summed E-state index contributed by atoms with van der Waals surface area (Å²) in [7, 11) is 0. The van der Waals surface area contributed by atoms with Crippen molar-refractivity contribution in [1.82, 2.24) is 9.78 Å². The van der Waals surface area contributed by atoms with E-state index in [4.69, 9.17) is 0 Å². The van der Waals surface area contributed by atoms with Crippen LogP contribution in [0.3, 0.4) is 0 Å². The van der Waals surface area contributed by atoms with Crippen LogP contribution in [0.25, 0.3) is 5.69 Å². The maximum absolute atomic E-state index is 13.2. The van der Waals surface area contributed by atoms with Gasteiger partial charge in [0, 0.05) is 11.6 Å². The standard InChI is InChI=1S/C14H15FN2O/c1-14(2,3)13-10(9-18)8-17(16-13)12-6-4-5-11(15)7-12/h4-9H,1-3H3. The Kier molecular flexibility index (Phi) is 3.03. The molecule has 0 aliphatic carbocycles. The maximum atomic E-state index is 13.2. The van der Waals surface area contributed by atoms with Crippen LogP contribution in [-0.4, -0.2) is 16.1 Å². The predicted octanol–water partition coefficient (Wildman–Crippen LogP) is 3.12. The van der Waals surface area contributed by atoms with Crippen LogP contribution in [0.5, 0.6) is 0 Å². The largest absolute Gasteiger partial charge is 0.298 e. The van der Waals surface area contributed by atoms with Crippen LogP contribution in [0.4, 0.5) is 4.39 Å². The van der Waals surface area contributed by atoms with E-state index in [0.717, 1.165) is 6.29 Å². The molecule has 0 unspecified atom stereocenters. The molecule has 2 aromatic rings. The lowest BCUT2D eigenvalue weighted by Crippen LogP contribution is -2.14. The van der Waals surface area contributed by atoms with Crippen LogP contribution in [-0.2, 0) is 5.41 Å². The summed E-state index contributed by atoms with van der Waals surface area (Å²) in [6.45, 7) is 5.95. The van der Waals surface area contributed by atoms with Crippen molar-refractivity contribution in [2.75, 3.05) is 0 Å². The van der Waals surface area contributed by atoms with E-state index in [0.29, 0.717) is 16.9 Å². The van der Waals surface area contributed by atoms with E-state index in [1.807, 2.05) is 20.8 Å². The number of nitrogens with zero attached hydrogens (tertiary/aromatic N) is 2. The van der Waals surface area contributed by atoms with E-state index in [2.05, 4.69) is 5.10 Å². The number of hydrogen-bond donors (Lipinski definition) is 0. The third-order valence-electron chi connectivity index (χ3n) is 2.65. The molecule has 1 aromatic carbocycles. The number of carbonyl (C=O) groups is 1. The summed E-state index contributed by atoms with van der Waals surface area (Å²) in [5, 5.41) is 4.38. The second kappa shape index (κ2) is 4.37. The quantitative estimate of drug-likeness (QED) is 0.763. The molecule has 1 aromatic heterocycles. The molecule has 3 nitrogen and oxygen atoms in total. The second-order valence-electron chi connectivity index (χ2n) is 5.23. The molecule has 18 heavy (non-hydrogen) atoms. The highest BCUT2D eigenvalue weighted by Gasteiger charge is 2.22. The first kappa shape index (κ1) is 12.5. The van der Waals surface area contributed by atoms with Crippen molar-refractivity contribution in [1.29, 1.82) is 0 Å². The highest BCUT2D eigenvalue weighted by atomic mass is 19.1. The number of halogens is 1. The number of carbonyl (C=O) groups excluding carboxylic acids is 1. The number of hydrogen-bond acceptors (Lipinski definition) is 2. The van der Waals surface area contributed by atoms with E-state index in [-0.39, 0.29) is 11.2 Å². The lowest BCUT2D eigenvalue weighted by molar-refractivity contribution is 0.112. The van der Waals surface area contributed by atoms with Gasteiger partial charge in [0.1, 0.15) is 5.82 Å². The van der Waals surface area contributed by atoms with Gasteiger partial charge in [0.15, 0.2) is 6.29 Å². The smallest absolute Gasteiger partial charge is 0.153 e. The molecule has 1 heterocycles. The van der Waals surface area contributed by atoms with Gasteiger partial charge in [-0.3, -0.25) is 4.79 Å². The maximum Gasteiger partial charge on any atom is 0.153 e. The number of aldehydes is 1. The predicted molar refractivity (Wildman–Crippen MR) is 67.6 cm³/mol. The Bertz CT molecular complexity index is 582. The zero-order valence-corrected chi connectivity index (χ0v) is 10.6. The molecule has 4 heteroatoms. The van der Waals surface area contributed by atoms with Crippen LogP contribution < -0.4 is 0 Å². The zero-order chi connectivity index (χ0) is 13.3. The molecule has 0 aliphatic rings.